The first kappa shape index (κ1) is 54.3. The molecule has 0 fully saturated rings. The van der Waals surface area contributed by atoms with Crippen LogP contribution >= 0.6 is 0 Å². The summed E-state index contributed by atoms with van der Waals surface area (Å²) in [5, 5.41) is -27.0. The van der Waals surface area contributed by atoms with Gasteiger partial charge in [-0.1, -0.05) is 18.2 Å². The van der Waals surface area contributed by atoms with E-state index in [1.165, 1.54) is 0 Å². The molecule has 0 unspecified atom stereocenters. The van der Waals surface area contributed by atoms with E-state index in [4.69, 9.17) is 0 Å². The zero-order valence-electron chi connectivity index (χ0n) is 35.3. The molecule has 0 aliphatic heterocycles. The van der Waals surface area contributed by atoms with Crippen LogP contribution in [0.4, 0.5) is 129 Å². The van der Waals surface area contributed by atoms with Crippen LogP contribution in [-0.4, -0.2) is 6.15 Å². The van der Waals surface area contributed by atoms with Crippen molar-refractivity contribution in [2.75, 3.05) is 0 Å². The quantitative estimate of drug-likeness (QED) is 0.0787. The van der Waals surface area contributed by atoms with Crippen molar-refractivity contribution in [2.45, 2.75) is 0 Å². The van der Waals surface area contributed by atoms with Crippen LogP contribution in [0.3, 0.4) is 0 Å². The maximum Gasteiger partial charge on any atom is 0.198 e. The molecule has 0 heterocycles. The average molecular weight is 1120 g/mol. The van der Waals surface area contributed by atoms with Gasteiger partial charge in [-0.2, -0.15) is 0 Å². The standard InChI is InChI=1S/C40BF28.C6H7N/c42-13-1-5(21(50)37(66)33(13)62)17(46)29(58)25(54)9(1)41(10-2-6(18(47)30(59)26(10)55)22(51)38(67)34(63)14(2)43,11-3-7(19(48)31(60)27(11)56)23(52)39(68)35(64)15(3)44)12-4-8(20(49)32(61)28(12)57)24(53)40(69)36(65)16(4)45;7-6-4-2-1-3-5-6/h;1-5H,7H2/q-1;/p+1. The molecule has 396 valence electrons. The fourth-order valence-corrected chi connectivity index (χ4v) is 9.07. The molecule has 0 radical (unpaired) electrons. The van der Waals surface area contributed by atoms with Gasteiger partial charge in [0.05, 0.1) is 21.5 Å². The van der Waals surface area contributed by atoms with Gasteiger partial charge in [0.2, 0.25) is 0 Å². The maximum absolute atomic E-state index is 17.3. The second kappa shape index (κ2) is 18.4. The SMILES string of the molecule is Fc1c(F)c(F)c2c([B-](c3c(F)c(F)c(F)c4c(F)c(F)c(F)c(F)c34)(c3c(F)c(F)c(F)c4c(F)c(F)c(F)c(F)c34)c3c(F)c(F)c(F)c4c(F)c(F)c(F)c(F)c34)c(F)c(F)c(F)c2c1F.[NH3+]c1ccccc1. The second-order valence-electron chi connectivity index (χ2n) is 15.8. The highest BCUT2D eigenvalue weighted by molar-refractivity contribution is 7.23. The fourth-order valence-electron chi connectivity index (χ4n) is 9.07. The Morgan fingerprint density at radius 2 is 0.329 bits per heavy atom. The van der Waals surface area contributed by atoms with Crippen molar-refractivity contribution in [1.29, 1.82) is 0 Å². The second-order valence-corrected chi connectivity index (χ2v) is 15.8. The van der Waals surface area contributed by atoms with Crippen molar-refractivity contribution in [3.63, 3.8) is 0 Å². The van der Waals surface area contributed by atoms with Gasteiger partial charge >= 0.3 is 0 Å². The molecule has 0 amide bonds. The van der Waals surface area contributed by atoms with E-state index in [9.17, 15) is 17.6 Å². The highest BCUT2D eigenvalue weighted by Gasteiger charge is 2.52. The van der Waals surface area contributed by atoms with Crippen molar-refractivity contribution in [3.8, 4) is 0 Å². The zero-order chi connectivity index (χ0) is 56.7. The van der Waals surface area contributed by atoms with Gasteiger partial charge in [-0.3, -0.25) is 0 Å². The number of benzene rings is 9. The zero-order valence-corrected chi connectivity index (χ0v) is 35.3. The predicted molar refractivity (Wildman–Crippen MR) is 208 cm³/mol. The van der Waals surface area contributed by atoms with Gasteiger partial charge in [-0.25, -0.2) is 123 Å². The minimum atomic E-state index is -8.05. The number of hydrogen-bond acceptors (Lipinski definition) is 0. The third kappa shape index (κ3) is 6.99. The first-order valence-corrected chi connectivity index (χ1v) is 19.7. The summed E-state index contributed by atoms with van der Waals surface area (Å²) in [5.41, 5.74) is -10.7. The smallest absolute Gasteiger partial charge is 0.198 e. The van der Waals surface area contributed by atoms with Gasteiger partial charge in [0, 0.05) is 0 Å². The van der Waals surface area contributed by atoms with E-state index >= 15 is 105 Å². The van der Waals surface area contributed by atoms with E-state index in [1.807, 2.05) is 30.3 Å². The average Bonchev–Trinajstić information content (AvgIpc) is 3.44. The molecule has 0 spiro atoms. The number of fused-ring (bicyclic) bond motifs is 4. The first-order valence-electron chi connectivity index (χ1n) is 19.7. The first-order chi connectivity index (χ1) is 35.4. The molecule has 0 atom stereocenters. The van der Waals surface area contributed by atoms with Crippen LogP contribution in [0, 0.1) is 163 Å². The summed E-state index contributed by atoms with van der Waals surface area (Å²) in [5.74, 6) is -104. The molecule has 76 heavy (non-hydrogen) atoms. The van der Waals surface area contributed by atoms with Gasteiger partial charge in [0.15, 0.2) is 140 Å². The van der Waals surface area contributed by atoms with Crippen LogP contribution in [-0.2, 0) is 0 Å². The third-order valence-corrected chi connectivity index (χ3v) is 12.1. The van der Waals surface area contributed by atoms with E-state index in [1.54, 1.807) is 0 Å². The van der Waals surface area contributed by atoms with Crippen molar-refractivity contribution in [2.24, 2.45) is 0 Å². The largest absolute Gasteiger partial charge is 0.325 e. The van der Waals surface area contributed by atoms with Crippen LogP contribution in [0.25, 0.3) is 43.1 Å². The van der Waals surface area contributed by atoms with Gasteiger partial charge < -0.3 is 5.73 Å². The molecule has 9 aromatic rings. The van der Waals surface area contributed by atoms with E-state index < -0.39 is 234 Å². The summed E-state index contributed by atoms with van der Waals surface area (Å²) in [6, 6.07) is 9.87. The Bertz CT molecular complexity index is 3590. The normalized spacial score (nSPS) is 12.0. The van der Waals surface area contributed by atoms with Gasteiger partial charge in [0.1, 0.15) is 35.1 Å². The number of quaternary nitrogens is 1. The summed E-state index contributed by atoms with van der Waals surface area (Å²) in [6.45, 7) is 0. The Hall–Kier alpha value is -7.92. The molecule has 0 aromatic heterocycles. The van der Waals surface area contributed by atoms with Gasteiger partial charge in [0.25, 0.3) is 0 Å². The Kier molecular flexibility index (Phi) is 13.2. The summed E-state index contributed by atoms with van der Waals surface area (Å²) in [7, 11) is 0. The lowest BCUT2D eigenvalue weighted by Gasteiger charge is -2.47. The summed E-state index contributed by atoms with van der Waals surface area (Å²) in [4.78, 5) is 0. The third-order valence-electron chi connectivity index (χ3n) is 12.1. The van der Waals surface area contributed by atoms with E-state index in [0.717, 1.165) is 5.69 Å². The highest BCUT2D eigenvalue weighted by Crippen LogP contribution is 2.42. The molecule has 30 heteroatoms. The van der Waals surface area contributed by atoms with Crippen molar-refractivity contribution >= 4 is 76.8 Å². The molecule has 9 aromatic carbocycles. The van der Waals surface area contributed by atoms with Crippen LogP contribution in [0.1, 0.15) is 0 Å². The minimum Gasteiger partial charge on any atom is -0.325 e. The molecule has 0 saturated heterocycles. The van der Waals surface area contributed by atoms with E-state index in [0.29, 0.717) is 0 Å². The monoisotopic (exact) mass is 1120 g/mol. The Morgan fingerprint density at radius 3 is 0.474 bits per heavy atom. The van der Waals surface area contributed by atoms with E-state index in [-0.39, 0.29) is 0 Å². The summed E-state index contributed by atoms with van der Waals surface area (Å²) < 4.78 is 446. The van der Waals surface area contributed by atoms with Gasteiger partial charge in [-0.15, -0.1) is 21.9 Å². The van der Waals surface area contributed by atoms with Crippen molar-refractivity contribution in [1.82, 2.24) is 0 Å². The molecular weight excluding hydrogens is 1110 g/mol. The number of halogens is 28. The molecule has 0 saturated carbocycles. The molecule has 1 nitrogen and oxygen atoms in total. The lowest BCUT2D eigenvalue weighted by atomic mass is 9.11. The van der Waals surface area contributed by atoms with Crippen LogP contribution in [0.5, 0.6) is 0 Å². The Balaban J connectivity index is 0.00000101. The Labute approximate surface area is 398 Å². The topological polar surface area (TPSA) is 27.6 Å². The Morgan fingerprint density at radius 1 is 0.184 bits per heavy atom. The molecule has 0 bridgehead atoms. The highest BCUT2D eigenvalue weighted by atomic mass is 19.2. The predicted octanol–water partition coefficient (Wildman–Crippen LogP) is 12.1. The molecular formula is C46H8BF28N. The number of hydrogen-bond donors (Lipinski definition) is 1. The van der Waals surface area contributed by atoms with Crippen molar-refractivity contribution < 1.29 is 129 Å². The molecule has 9 rings (SSSR count). The molecule has 0 aliphatic carbocycles. The lowest BCUT2D eigenvalue weighted by Crippen LogP contribution is -2.79. The van der Waals surface area contributed by atoms with Crippen molar-refractivity contribution in [3.05, 3.63) is 193 Å². The minimum absolute atomic E-state index is 1.07. The lowest BCUT2D eigenvalue weighted by molar-refractivity contribution is -0.254. The molecule has 3 N–H and O–H groups in total. The number of rotatable bonds is 4. The fraction of sp³-hybridized carbons (Fsp3) is 0. The summed E-state index contributed by atoms with van der Waals surface area (Å²) in [6.07, 6.45) is -8.05. The van der Waals surface area contributed by atoms with Gasteiger partial charge in [-0.05, 0) is 33.7 Å². The van der Waals surface area contributed by atoms with Crippen LogP contribution in [0.15, 0.2) is 30.3 Å². The van der Waals surface area contributed by atoms with Crippen LogP contribution < -0.4 is 27.6 Å². The summed E-state index contributed by atoms with van der Waals surface area (Å²) >= 11 is 0. The van der Waals surface area contributed by atoms with E-state index in [2.05, 4.69) is 5.73 Å². The van der Waals surface area contributed by atoms with Crippen LogP contribution in [0.2, 0.25) is 0 Å². The molecule has 0 aliphatic rings. The maximum atomic E-state index is 17.3.